The van der Waals surface area contributed by atoms with Gasteiger partial charge in [0.15, 0.2) is 17.3 Å². The van der Waals surface area contributed by atoms with Crippen molar-refractivity contribution in [3.63, 3.8) is 0 Å². The van der Waals surface area contributed by atoms with Crippen LogP contribution in [0, 0.1) is 11.3 Å². The van der Waals surface area contributed by atoms with E-state index in [1.807, 2.05) is 20.8 Å². The van der Waals surface area contributed by atoms with Crippen LogP contribution >= 0.6 is 0 Å². The van der Waals surface area contributed by atoms with E-state index in [2.05, 4.69) is 0 Å². The summed E-state index contributed by atoms with van der Waals surface area (Å²) >= 11 is 0. The van der Waals surface area contributed by atoms with Gasteiger partial charge >= 0.3 is 5.97 Å². The average Bonchev–Trinajstić information content (AvgIpc) is 2.63. The summed E-state index contributed by atoms with van der Waals surface area (Å²) in [5, 5.41) is 33.8. The molecule has 0 radical (unpaired) electrons. The number of ether oxygens (including phenoxy) is 2. The fourth-order valence-corrected chi connectivity index (χ4v) is 5.28. The lowest BCUT2D eigenvalue weighted by Gasteiger charge is -2.53. The number of esters is 1. The Labute approximate surface area is 170 Å². The van der Waals surface area contributed by atoms with Gasteiger partial charge in [-0.3, -0.25) is 9.59 Å². The molecule has 0 bridgehead atoms. The molecule has 160 valence electrons. The molecule has 2 aliphatic rings. The van der Waals surface area contributed by atoms with E-state index in [0.717, 1.165) is 0 Å². The molecule has 1 aromatic carbocycles. The third-order valence-corrected chi connectivity index (χ3v) is 6.65. The number of fused-ring (bicyclic) bond motifs is 3. The largest absolute Gasteiger partial charge is 0.507 e. The number of ketones is 1. The van der Waals surface area contributed by atoms with Crippen molar-refractivity contribution in [1.82, 2.24) is 0 Å². The Hall–Kier alpha value is -2.28. The number of phenolic OH excluding ortho intramolecular Hbond substituents is 2. The number of benzene rings is 1. The minimum absolute atomic E-state index is 0.00186. The van der Waals surface area contributed by atoms with E-state index in [-0.39, 0.29) is 53.1 Å². The number of phenols is 2. The first-order valence-electron chi connectivity index (χ1n) is 10.0. The van der Waals surface area contributed by atoms with E-state index in [1.54, 1.807) is 0 Å². The molecule has 0 saturated heterocycles. The molecule has 0 aromatic heterocycles. The SMILES string of the molecule is COc1c(O)c2c(c(O)c1C(C)C)C(=O)C[C@H]1[C@](C)(COC(C)=O)CCC[C@]21O. The van der Waals surface area contributed by atoms with Gasteiger partial charge in [-0.15, -0.1) is 0 Å². The van der Waals surface area contributed by atoms with Crippen molar-refractivity contribution in [3.05, 3.63) is 16.7 Å². The van der Waals surface area contributed by atoms with Crippen LogP contribution in [0.3, 0.4) is 0 Å². The lowest BCUT2D eigenvalue weighted by molar-refractivity contribution is -0.160. The number of methoxy groups -OCH3 is 1. The van der Waals surface area contributed by atoms with Gasteiger partial charge in [0.05, 0.1) is 24.9 Å². The van der Waals surface area contributed by atoms with Crippen LogP contribution in [0.15, 0.2) is 0 Å². The van der Waals surface area contributed by atoms with Gasteiger partial charge in [-0.25, -0.2) is 0 Å². The van der Waals surface area contributed by atoms with Crippen molar-refractivity contribution in [3.8, 4) is 17.2 Å². The van der Waals surface area contributed by atoms with Crippen LogP contribution in [-0.2, 0) is 15.1 Å². The highest BCUT2D eigenvalue weighted by Crippen LogP contribution is 2.61. The maximum Gasteiger partial charge on any atom is 0.302 e. The van der Waals surface area contributed by atoms with Crippen LogP contribution in [0.5, 0.6) is 17.2 Å². The second kappa shape index (κ2) is 7.20. The summed E-state index contributed by atoms with van der Waals surface area (Å²) in [5.74, 6) is -2.01. The second-order valence-corrected chi connectivity index (χ2v) is 8.94. The first-order chi connectivity index (χ1) is 13.5. The molecule has 3 N–H and O–H groups in total. The Kier molecular flexibility index (Phi) is 5.32. The zero-order valence-electron chi connectivity index (χ0n) is 17.7. The van der Waals surface area contributed by atoms with Crippen LogP contribution in [0.1, 0.15) is 80.8 Å². The van der Waals surface area contributed by atoms with Crippen LogP contribution < -0.4 is 4.74 Å². The maximum absolute atomic E-state index is 13.1. The van der Waals surface area contributed by atoms with E-state index in [0.29, 0.717) is 24.8 Å². The number of rotatable bonds is 4. The Balaban J connectivity index is 2.24. The molecule has 7 nitrogen and oxygen atoms in total. The van der Waals surface area contributed by atoms with Gasteiger partial charge in [0, 0.05) is 35.8 Å². The number of aliphatic hydroxyl groups is 1. The molecule has 3 rings (SSSR count). The smallest absolute Gasteiger partial charge is 0.302 e. The summed E-state index contributed by atoms with van der Waals surface area (Å²) in [7, 11) is 1.38. The molecule has 1 saturated carbocycles. The minimum Gasteiger partial charge on any atom is -0.507 e. The number of hydrogen-bond acceptors (Lipinski definition) is 7. The third-order valence-electron chi connectivity index (χ3n) is 6.65. The Morgan fingerprint density at radius 1 is 1.24 bits per heavy atom. The van der Waals surface area contributed by atoms with E-state index in [4.69, 9.17) is 9.47 Å². The van der Waals surface area contributed by atoms with E-state index in [9.17, 15) is 24.9 Å². The third kappa shape index (κ3) is 3.16. The molecule has 1 aromatic rings. The normalized spacial score (nSPS) is 28.7. The molecular formula is C22H30O7. The molecule has 0 amide bonds. The standard InChI is InChI=1S/C22H30O7/c1-11(2)15-18(25)16-13(24)9-14-21(4,10-29-12(3)23)7-6-8-22(14,27)17(16)19(26)20(15)28-5/h11,14,25-27H,6-10H2,1-5H3/t14-,21-,22+/m0/s1. The summed E-state index contributed by atoms with van der Waals surface area (Å²) in [4.78, 5) is 24.5. The summed E-state index contributed by atoms with van der Waals surface area (Å²) in [5.41, 5.74) is -1.83. The summed E-state index contributed by atoms with van der Waals surface area (Å²) in [6.07, 6.45) is 1.61. The number of carbonyl (C=O) groups is 2. The van der Waals surface area contributed by atoms with Crippen molar-refractivity contribution in [1.29, 1.82) is 0 Å². The number of hydrogen-bond donors (Lipinski definition) is 3. The van der Waals surface area contributed by atoms with Crippen molar-refractivity contribution in [2.24, 2.45) is 11.3 Å². The van der Waals surface area contributed by atoms with Gasteiger partial charge in [-0.2, -0.15) is 0 Å². The molecule has 3 atom stereocenters. The Morgan fingerprint density at radius 3 is 2.45 bits per heavy atom. The zero-order chi connectivity index (χ0) is 21.7. The summed E-state index contributed by atoms with van der Waals surface area (Å²) in [6, 6.07) is 0. The molecule has 1 fully saturated rings. The van der Waals surface area contributed by atoms with Crippen molar-refractivity contribution in [2.75, 3.05) is 13.7 Å². The van der Waals surface area contributed by atoms with Crippen LogP contribution in [0.25, 0.3) is 0 Å². The van der Waals surface area contributed by atoms with Gasteiger partial charge in [-0.1, -0.05) is 20.8 Å². The fraction of sp³-hybridized carbons (Fsp3) is 0.636. The highest BCUT2D eigenvalue weighted by atomic mass is 16.5. The van der Waals surface area contributed by atoms with Gasteiger partial charge in [0.25, 0.3) is 0 Å². The number of aromatic hydroxyl groups is 2. The predicted octanol–water partition coefficient (Wildman–Crippen LogP) is 3.37. The molecule has 0 aliphatic heterocycles. The second-order valence-electron chi connectivity index (χ2n) is 8.94. The van der Waals surface area contributed by atoms with Crippen LogP contribution in [-0.4, -0.2) is 40.8 Å². The molecule has 0 heterocycles. The van der Waals surface area contributed by atoms with Gasteiger partial charge in [0.2, 0.25) is 0 Å². The quantitative estimate of drug-likeness (QED) is 0.519. The van der Waals surface area contributed by atoms with Gasteiger partial charge in [0.1, 0.15) is 5.75 Å². The Morgan fingerprint density at radius 2 is 1.90 bits per heavy atom. The van der Waals surface area contributed by atoms with Crippen LogP contribution in [0.4, 0.5) is 0 Å². The lowest BCUT2D eigenvalue weighted by atomic mass is 9.54. The lowest BCUT2D eigenvalue weighted by Crippen LogP contribution is -2.53. The minimum atomic E-state index is -1.54. The van der Waals surface area contributed by atoms with Crippen molar-refractivity contribution >= 4 is 11.8 Å². The Bertz CT molecular complexity index is 859. The molecule has 29 heavy (non-hydrogen) atoms. The monoisotopic (exact) mass is 406 g/mol. The molecule has 0 spiro atoms. The highest BCUT2D eigenvalue weighted by molar-refractivity contribution is 6.03. The topological polar surface area (TPSA) is 113 Å². The maximum atomic E-state index is 13.1. The van der Waals surface area contributed by atoms with Gasteiger partial charge in [-0.05, 0) is 25.2 Å². The van der Waals surface area contributed by atoms with E-state index < -0.39 is 22.9 Å². The predicted molar refractivity (Wildman–Crippen MR) is 105 cm³/mol. The molecule has 7 heteroatoms. The van der Waals surface area contributed by atoms with Crippen LogP contribution in [0.2, 0.25) is 0 Å². The first-order valence-corrected chi connectivity index (χ1v) is 10.0. The summed E-state index contributed by atoms with van der Waals surface area (Å²) in [6.45, 7) is 6.93. The molecule has 2 aliphatic carbocycles. The summed E-state index contributed by atoms with van der Waals surface area (Å²) < 4.78 is 10.6. The van der Waals surface area contributed by atoms with Gasteiger partial charge < -0.3 is 24.8 Å². The molecule has 0 unspecified atom stereocenters. The number of Topliss-reactive ketones (excluding diaryl/α,β-unsaturated/α-hetero) is 1. The van der Waals surface area contributed by atoms with E-state index >= 15 is 0 Å². The average molecular weight is 406 g/mol. The first kappa shape index (κ1) is 21.4. The van der Waals surface area contributed by atoms with Crippen molar-refractivity contribution < 1.29 is 34.4 Å². The number of carbonyl (C=O) groups excluding carboxylic acids is 2. The van der Waals surface area contributed by atoms with E-state index in [1.165, 1.54) is 14.0 Å². The zero-order valence-corrected chi connectivity index (χ0v) is 17.7. The molecular weight excluding hydrogens is 376 g/mol. The van der Waals surface area contributed by atoms with Crippen molar-refractivity contribution in [2.45, 2.75) is 64.9 Å². The highest BCUT2D eigenvalue weighted by Gasteiger charge is 2.58. The fourth-order valence-electron chi connectivity index (χ4n) is 5.28.